The molecule has 0 unspecified atom stereocenters. The zero-order valence-electron chi connectivity index (χ0n) is 11.9. The van der Waals surface area contributed by atoms with Gasteiger partial charge in [0, 0.05) is 13.1 Å². The minimum atomic E-state index is -0.102. The Kier molecular flexibility index (Phi) is 3.84. The van der Waals surface area contributed by atoms with Gasteiger partial charge in [-0.3, -0.25) is 0 Å². The third kappa shape index (κ3) is 3.03. The van der Waals surface area contributed by atoms with Gasteiger partial charge in [-0.15, -0.1) is 0 Å². The van der Waals surface area contributed by atoms with Gasteiger partial charge in [0.15, 0.2) is 0 Å². The molecule has 0 radical (unpaired) electrons. The van der Waals surface area contributed by atoms with Gasteiger partial charge >= 0.3 is 6.03 Å². The number of hydrogen-bond acceptors (Lipinski definition) is 1. The molecule has 2 amide bonds. The molecule has 1 aliphatic rings. The van der Waals surface area contributed by atoms with Gasteiger partial charge in [0.1, 0.15) is 0 Å². The van der Waals surface area contributed by atoms with Crippen LogP contribution in [-0.4, -0.2) is 17.5 Å². The normalized spacial score (nSPS) is 13.7. The second kappa shape index (κ2) is 5.78. The summed E-state index contributed by atoms with van der Waals surface area (Å²) < 4.78 is 0. The molecular formula is C17H17ClN2O. The van der Waals surface area contributed by atoms with E-state index in [1.54, 1.807) is 0 Å². The maximum absolute atomic E-state index is 12.4. The van der Waals surface area contributed by atoms with Crippen molar-refractivity contribution in [3.63, 3.8) is 0 Å². The largest absolute Gasteiger partial charge is 0.322 e. The topological polar surface area (TPSA) is 32.3 Å². The summed E-state index contributed by atoms with van der Waals surface area (Å²) in [5.74, 6) is 0. The Hall–Kier alpha value is -2.00. The van der Waals surface area contributed by atoms with E-state index in [0.717, 1.165) is 18.5 Å². The highest BCUT2D eigenvalue weighted by molar-refractivity contribution is 6.33. The van der Waals surface area contributed by atoms with E-state index >= 15 is 0 Å². The molecule has 0 bridgehead atoms. The van der Waals surface area contributed by atoms with E-state index in [2.05, 4.69) is 17.4 Å². The van der Waals surface area contributed by atoms with Crippen molar-refractivity contribution in [3.05, 3.63) is 64.2 Å². The first-order valence-electron chi connectivity index (χ1n) is 7.02. The van der Waals surface area contributed by atoms with E-state index in [9.17, 15) is 4.79 Å². The summed E-state index contributed by atoms with van der Waals surface area (Å²) in [6.45, 7) is 3.34. The van der Waals surface area contributed by atoms with Crippen LogP contribution in [0.25, 0.3) is 0 Å². The number of anilines is 1. The maximum atomic E-state index is 12.4. The molecule has 2 aromatic carbocycles. The van der Waals surface area contributed by atoms with E-state index < -0.39 is 0 Å². The van der Waals surface area contributed by atoms with Gasteiger partial charge in [-0.05, 0) is 42.2 Å². The average molecular weight is 301 g/mol. The second-order valence-corrected chi connectivity index (χ2v) is 5.76. The molecule has 0 aromatic heterocycles. The fourth-order valence-corrected chi connectivity index (χ4v) is 2.87. The van der Waals surface area contributed by atoms with Gasteiger partial charge in [-0.1, -0.05) is 41.9 Å². The van der Waals surface area contributed by atoms with Crippen molar-refractivity contribution in [2.75, 3.05) is 11.9 Å². The second-order valence-electron chi connectivity index (χ2n) is 5.35. The molecule has 0 atom stereocenters. The minimum Gasteiger partial charge on any atom is -0.320 e. The third-order valence-corrected chi connectivity index (χ3v) is 4.10. The average Bonchev–Trinajstić information content (AvgIpc) is 2.49. The van der Waals surface area contributed by atoms with Gasteiger partial charge in [0.25, 0.3) is 0 Å². The number of rotatable bonds is 1. The number of fused-ring (bicyclic) bond motifs is 1. The Morgan fingerprint density at radius 1 is 1.19 bits per heavy atom. The van der Waals surface area contributed by atoms with Crippen molar-refractivity contribution in [2.24, 2.45) is 0 Å². The van der Waals surface area contributed by atoms with Crippen LogP contribution in [0.2, 0.25) is 5.02 Å². The number of halogens is 1. The fourth-order valence-electron chi connectivity index (χ4n) is 2.58. The highest BCUT2D eigenvalue weighted by Gasteiger charge is 2.20. The van der Waals surface area contributed by atoms with Gasteiger partial charge < -0.3 is 10.2 Å². The standard InChI is InChI=1S/C17H17ClN2O/c1-12-6-7-16(15(18)10-12)19-17(21)20-9-8-13-4-2-3-5-14(13)11-20/h2-7,10H,8-9,11H2,1H3,(H,19,21). The minimum absolute atomic E-state index is 0.102. The van der Waals surface area contributed by atoms with Crippen molar-refractivity contribution in [2.45, 2.75) is 19.9 Å². The number of carbonyl (C=O) groups is 1. The number of hydrogen-bond donors (Lipinski definition) is 1. The molecule has 0 aliphatic carbocycles. The van der Waals surface area contributed by atoms with Crippen LogP contribution >= 0.6 is 11.6 Å². The van der Waals surface area contributed by atoms with Gasteiger partial charge in [-0.25, -0.2) is 4.79 Å². The van der Waals surface area contributed by atoms with Crippen molar-refractivity contribution in [1.82, 2.24) is 4.90 Å². The number of nitrogens with one attached hydrogen (secondary N) is 1. The Bertz CT molecular complexity index is 684. The van der Waals surface area contributed by atoms with Crippen LogP contribution in [0.1, 0.15) is 16.7 Å². The van der Waals surface area contributed by atoms with Crippen molar-refractivity contribution >= 4 is 23.3 Å². The first-order valence-corrected chi connectivity index (χ1v) is 7.40. The predicted molar refractivity (Wildman–Crippen MR) is 85.8 cm³/mol. The molecule has 1 aliphatic heterocycles. The number of carbonyl (C=O) groups excluding carboxylic acids is 1. The summed E-state index contributed by atoms with van der Waals surface area (Å²) >= 11 is 6.16. The summed E-state index contributed by atoms with van der Waals surface area (Å²) in [6.07, 6.45) is 0.894. The molecule has 1 N–H and O–H groups in total. The summed E-state index contributed by atoms with van der Waals surface area (Å²) in [5.41, 5.74) is 4.28. The lowest BCUT2D eigenvalue weighted by Crippen LogP contribution is -2.38. The molecule has 108 valence electrons. The Balaban J connectivity index is 1.72. The van der Waals surface area contributed by atoms with E-state index in [-0.39, 0.29) is 6.03 Å². The van der Waals surface area contributed by atoms with Crippen LogP contribution < -0.4 is 5.32 Å². The number of urea groups is 1. The van der Waals surface area contributed by atoms with Gasteiger partial charge in [-0.2, -0.15) is 0 Å². The lowest BCUT2D eigenvalue weighted by atomic mass is 10.0. The predicted octanol–water partition coefficient (Wildman–Crippen LogP) is 4.24. The van der Waals surface area contributed by atoms with Crippen LogP contribution in [0.15, 0.2) is 42.5 Å². The quantitative estimate of drug-likeness (QED) is 0.839. The zero-order valence-corrected chi connectivity index (χ0v) is 12.7. The highest BCUT2D eigenvalue weighted by atomic mass is 35.5. The van der Waals surface area contributed by atoms with Crippen molar-refractivity contribution in [1.29, 1.82) is 0 Å². The molecule has 0 spiro atoms. The molecule has 2 aromatic rings. The molecule has 3 nitrogen and oxygen atoms in total. The molecule has 21 heavy (non-hydrogen) atoms. The zero-order chi connectivity index (χ0) is 14.8. The van der Waals surface area contributed by atoms with E-state index in [1.807, 2.05) is 42.2 Å². The van der Waals surface area contributed by atoms with Gasteiger partial charge in [0.05, 0.1) is 10.7 Å². The first kappa shape index (κ1) is 14.0. The Morgan fingerprint density at radius 2 is 1.95 bits per heavy atom. The summed E-state index contributed by atoms with van der Waals surface area (Å²) in [7, 11) is 0. The SMILES string of the molecule is Cc1ccc(NC(=O)N2CCc3ccccc3C2)c(Cl)c1. The van der Waals surface area contributed by atoms with Crippen molar-refractivity contribution in [3.8, 4) is 0 Å². The first-order chi connectivity index (χ1) is 10.1. The van der Waals surface area contributed by atoms with E-state index in [0.29, 0.717) is 17.3 Å². The van der Waals surface area contributed by atoms with Crippen LogP contribution in [0, 0.1) is 6.92 Å². The number of nitrogens with zero attached hydrogens (tertiary/aromatic N) is 1. The van der Waals surface area contributed by atoms with Crippen LogP contribution in [0.4, 0.5) is 10.5 Å². The number of benzene rings is 2. The smallest absolute Gasteiger partial charge is 0.320 e. The Labute approximate surface area is 129 Å². The van der Waals surface area contributed by atoms with Crippen LogP contribution in [-0.2, 0) is 13.0 Å². The number of aryl methyl sites for hydroxylation is 1. The van der Waals surface area contributed by atoms with Crippen molar-refractivity contribution < 1.29 is 4.79 Å². The molecule has 1 heterocycles. The van der Waals surface area contributed by atoms with Gasteiger partial charge in [0.2, 0.25) is 0 Å². The fraction of sp³-hybridized carbons (Fsp3) is 0.235. The molecule has 3 rings (SSSR count). The van der Waals surface area contributed by atoms with Crippen LogP contribution in [0.3, 0.4) is 0 Å². The summed E-state index contributed by atoms with van der Waals surface area (Å²) in [5, 5.41) is 3.46. The molecular weight excluding hydrogens is 284 g/mol. The molecule has 0 saturated heterocycles. The molecule has 0 saturated carbocycles. The van der Waals surface area contributed by atoms with E-state index in [4.69, 9.17) is 11.6 Å². The third-order valence-electron chi connectivity index (χ3n) is 3.78. The number of amides is 2. The maximum Gasteiger partial charge on any atom is 0.322 e. The monoisotopic (exact) mass is 300 g/mol. The lowest BCUT2D eigenvalue weighted by Gasteiger charge is -2.29. The molecule has 0 fully saturated rings. The highest BCUT2D eigenvalue weighted by Crippen LogP contribution is 2.24. The van der Waals surface area contributed by atoms with E-state index in [1.165, 1.54) is 11.1 Å². The van der Waals surface area contributed by atoms with Crippen LogP contribution in [0.5, 0.6) is 0 Å². The lowest BCUT2D eigenvalue weighted by molar-refractivity contribution is 0.206. The summed E-state index contributed by atoms with van der Waals surface area (Å²) in [6, 6.07) is 13.8. The summed E-state index contributed by atoms with van der Waals surface area (Å²) in [4.78, 5) is 14.2. The Morgan fingerprint density at radius 3 is 2.71 bits per heavy atom. The molecule has 4 heteroatoms.